The van der Waals surface area contributed by atoms with Gasteiger partial charge in [0.15, 0.2) is 5.13 Å². The van der Waals surface area contributed by atoms with Crippen molar-refractivity contribution < 1.29 is 19.4 Å². The SMILES string of the molecule is CC1CCC(N(CCOC2CCCCC2)C(=O)Nc2ncc(SCC(=O)O)s2)CC1. The molecule has 1 aromatic heterocycles. The van der Waals surface area contributed by atoms with E-state index in [-0.39, 0.29) is 17.8 Å². The van der Waals surface area contributed by atoms with Gasteiger partial charge in [-0.3, -0.25) is 10.1 Å². The summed E-state index contributed by atoms with van der Waals surface area (Å²) in [6, 6.07) is 0.0999. The van der Waals surface area contributed by atoms with Gasteiger partial charge in [-0.1, -0.05) is 37.5 Å². The standard InChI is InChI=1S/C21H33N3O4S2/c1-15-7-9-16(10-8-15)24(11-12-28-17-5-3-2-4-6-17)21(27)23-20-22-13-19(30-20)29-14-18(25)26/h13,15-17H,2-12,14H2,1H3,(H,25,26)(H,22,23,27). The second-order valence-corrected chi connectivity index (χ2v) is 10.6. The first-order valence-electron chi connectivity index (χ1n) is 11.0. The number of carbonyl (C=O) groups excluding carboxylic acids is 1. The maximum Gasteiger partial charge on any atom is 0.323 e. The minimum absolute atomic E-state index is 0.0134. The van der Waals surface area contributed by atoms with E-state index in [1.54, 1.807) is 6.20 Å². The summed E-state index contributed by atoms with van der Waals surface area (Å²) in [6.45, 7) is 3.44. The molecule has 0 saturated heterocycles. The summed E-state index contributed by atoms with van der Waals surface area (Å²) >= 11 is 2.53. The summed E-state index contributed by atoms with van der Waals surface area (Å²) in [7, 11) is 0. The van der Waals surface area contributed by atoms with Crippen molar-refractivity contribution in [1.82, 2.24) is 9.88 Å². The minimum atomic E-state index is -0.866. The van der Waals surface area contributed by atoms with Crippen molar-refractivity contribution in [3.63, 3.8) is 0 Å². The fourth-order valence-electron chi connectivity index (χ4n) is 4.23. The first kappa shape index (κ1) is 23.3. The minimum Gasteiger partial charge on any atom is -0.481 e. The Morgan fingerprint density at radius 3 is 2.67 bits per heavy atom. The number of nitrogens with one attached hydrogen (secondary N) is 1. The molecule has 2 saturated carbocycles. The van der Waals surface area contributed by atoms with Crippen molar-refractivity contribution in [2.24, 2.45) is 5.92 Å². The fraction of sp³-hybridized carbons (Fsp3) is 0.762. The van der Waals surface area contributed by atoms with E-state index in [1.807, 2.05) is 4.90 Å². The number of hydrogen-bond donors (Lipinski definition) is 2. The van der Waals surface area contributed by atoms with Gasteiger partial charge in [-0.15, -0.1) is 11.8 Å². The lowest BCUT2D eigenvalue weighted by molar-refractivity contribution is -0.133. The molecule has 9 heteroatoms. The van der Waals surface area contributed by atoms with E-state index < -0.39 is 5.97 Å². The summed E-state index contributed by atoms with van der Waals surface area (Å²) in [4.78, 5) is 30.0. The quantitative estimate of drug-likeness (QED) is 0.505. The molecule has 7 nitrogen and oxygen atoms in total. The molecule has 0 unspecified atom stereocenters. The second-order valence-electron chi connectivity index (χ2n) is 8.33. The van der Waals surface area contributed by atoms with Crippen LogP contribution in [0.25, 0.3) is 0 Å². The molecule has 0 aromatic carbocycles. The molecule has 30 heavy (non-hydrogen) atoms. The average Bonchev–Trinajstić information content (AvgIpc) is 3.18. The largest absolute Gasteiger partial charge is 0.481 e. The number of carboxylic acids is 1. The van der Waals surface area contributed by atoms with Gasteiger partial charge in [0.05, 0.1) is 28.9 Å². The molecule has 1 heterocycles. The number of carboxylic acid groups (broad SMARTS) is 1. The number of nitrogens with zero attached hydrogens (tertiary/aromatic N) is 2. The molecular formula is C21H33N3O4S2. The van der Waals surface area contributed by atoms with Crippen LogP contribution in [0, 0.1) is 5.92 Å². The van der Waals surface area contributed by atoms with E-state index in [1.165, 1.54) is 42.4 Å². The van der Waals surface area contributed by atoms with Crippen molar-refractivity contribution in [2.75, 3.05) is 24.2 Å². The summed E-state index contributed by atoms with van der Waals surface area (Å²) in [6.07, 6.45) is 12.3. The second kappa shape index (κ2) is 11.9. The van der Waals surface area contributed by atoms with Crippen LogP contribution in [0.1, 0.15) is 64.7 Å². The van der Waals surface area contributed by atoms with Crippen molar-refractivity contribution >= 4 is 40.2 Å². The highest BCUT2D eigenvalue weighted by molar-refractivity contribution is 8.01. The smallest absolute Gasteiger partial charge is 0.323 e. The Bertz CT molecular complexity index is 686. The summed E-state index contributed by atoms with van der Waals surface area (Å²) in [5.74, 6) is -0.160. The average molecular weight is 456 g/mol. The Labute approximate surface area is 187 Å². The van der Waals surface area contributed by atoms with Gasteiger partial charge >= 0.3 is 12.0 Å². The Kier molecular flexibility index (Phi) is 9.27. The highest BCUT2D eigenvalue weighted by Gasteiger charge is 2.28. The van der Waals surface area contributed by atoms with Gasteiger partial charge in [-0.2, -0.15) is 0 Å². The molecular weight excluding hydrogens is 422 g/mol. The Hall–Kier alpha value is -1.32. The van der Waals surface area contributed by atoms with E-state index in [0.717, 1.165) is 48.7 Å². The van der Waals surface area contributed by atoms with Crippen LogP contribution in [0.2, 0.25) is 0 Å². The molecule has 2 fully saturated rings. The van der Waals surface area contributed by atoms with Crippen molar-refractivity contribution in [3.05, 3.63) is 6.20 Å². The number of ether oxygens (including phenoxy) is 1. The maximum atomic E-state index is 13.1. The Balaban J connectivity index is 1.55. The number of urea groups is 1. The third-order valence-electron chi connectivity index (χ3n) is 5.96. The fourth-order valence-corrected chi connectivity index (χ4v) is 5.82. The van der Waals surface area contributed by atoms with Crippen LogP contribution in [0.15, 0.2) is 10.4 Å². The molecule has 0 aliphatic heterocycles. The van der Waals surface area contributed by atoms with Crippen molar-refractivity contribution in [1.29, 1.82) is 0 Å². The van der Waals surface area contributed by atoms with Gasteiger partial charge in [-0.05, 0) is 44.4 Å². The molecule has 0 spiro atoms. The monoisotopic (exact) mass is 455 g/mol. The first-order chi connectivity index (χ1) is 14.5. The number of anilines is 1. The zero-order valence-electron chi connectivity index (χ0n) is 17.7. The first-order valence-corrected chi connectivity index (χ1v) is 12.8. The Morgan fingerprint density at radius 2 is 1.97 bits per heavy atom. The third-order valence-corrected chi connectivity index (χ3v) is 8.05. The van der Waals surface area contributed by atoms with Crippen LogP contribution in [0.3, 0.4) is 0 Å². The topological polar surface area (TPSA) is 91.8 Å². The lowest BCUT2D eigenvalue weighted by Gasteiger charge is -2.36. The zero-order valence-corrected chi connectivity index (χ0v) is 19.3. The van der Waals surface area contributed by atoms with Gasteiger partial charge in [-0.25, -0.2) is 9.78 Å². The lowest BCUT2D eigenvalue weighted by Crippen LogP contribution is -2.46. The summed E-state index contributed by atoms with van der Waals surface area (Å²) in [5, 5.41) is 12.2. The number of thiazole rings is 1. The van der Waals surface area contributed by atoms with Crippen LogP contribution in [0.4, 0.5) is 9.93 Å². The van der Waals surface area contributed by atoms with Crippen molar-refractivity contribution in [3.8, 4) is 0 Å². The van der Waals surface area contributed by atoms with Crippen LogP contribution >= 0.6 is 23.1 Å². The molecule has 2 N–H and O–H groups in total. The summed E-state index contributed by atoms with van der Waals surface area (Å²) in [5.41, 5.74) is 0. The van der Waals surface area contributed by atoms with Gasteiger partial charge in [0.1, 0.15) is 0 Å². The third kappa shape index (κ3) is 7.42. The van der Waals surface area contributed by atoms with Gasteiger partial charge in [0, 0.05) is 12.6 Å². The predicted octanol–water partition coefficient (Wildman–Crippen LogP) is 5.08. The molecule has 0 atom stereocenters. The van der Waals surface area contributed by atoms with E-state index in [2.05, 4.69) is 17.2 Å². The van der Waals surface area contributed by atoms with Crippen LogP contribution < -0.4 is 5.32 Å². The number of thioether (sulfide) groups is 1. The normalized spacial score (nSPS) is 22.6. The van der Waals surface area contributed by atoms with E-state index in [0.29, 0.717) is 24.4 Å². The molecule has 0 bridgehead atoms. The van der Waals surface area contributed by atoms with E-state index in [9.17, 15) is 9.59 Å². The summed E-state index contributed by atoms with van der Waals surface area (Å²) < 4.78 is 6.87. The molecule has 3 rings (SSSR count). The Morgan fingerprint density at radius 1 is 1.23 bits per heavy atom. The number of carbonyl (C=O) groups is 2. The van der Waals surface area contributed by atoms with Gasteiger partial charge in [0.2, 0.25) is 0 Å². The molecule has 168 valence electrons. The lowest BCUT2D eigenvalue weighted by atomic mass is 9.86. The van der Waals surface area contributed by atoms with Crippen LogP contribution in [0.5, 0.6) is 0 Å². The molecule has 1 aromatic rings. The van der Waals surface area contributed by atoms with Crippen molar-refractivity contribution in [2.45, 2.75) is 81.1 Å². The highest BCUT2D eigenvalue weighted by Crippen LogP contribution is 2.30. The molecule has 0 radical (unpaired) electrons. The number of aromatic nitrogens is 1. The molecule has 2 aliphatic rings. The number of rotatable bonds is 9. The zero-order chi connectivity index (χ0) is 21.3. The van der Waals surface area contributed by atoms with Crippen LogP contribution in [-0.2, 0) is 9.53 Å². The van der Waals surface area contributed by atoms with E-state index in [4.69, 9.17) is 9.84 Å². The molecule has 2 aliphatic carbocycles. The number of hydrogen-bond acceptors (Lipinski definition) is 6. The molecule has 2 amide bonds. The number of aliphatic carboxylic acids is 1. The maximum absolute atomic E-state index is 13.1. The van der Waals surface area contributed by atoms with Gasteiger partial charge in [0.25, 0.3) is 0 Å². The van der Waals surface area contributed by atoms with E-state index >= 15 is 0 Å². The van der Waals surface area contributed by atoms with Gasteiger partial charge < -0.3 is 14.7 Å². The van der Waals surface area contributed by atoms with Crippen LogP contribution in [-0.4, -0.2) is 58.0 Å². The number of amides is 2. The highest BCUT2D eigenvalue weighted by atomic mass is 32.2. The predicted molar refractivity (Wildman–Crippen MR) is 120 cm³/mol.